The molecule has 0 radical (unpaired) electrons. The van der Waals surface area contributed by atoms with Crippen LogP contribution in [0.15, 0.2) is 79.4 Å². The largest absolute Gasteiger partial charge is 0.453 e. The fourth-order valence-electron chi connectivity index (χ4n) is 4.70. The third-order valence-corrected chi connectivity index (χ3v) is 8.23. The molecule has 0 saturated carbocycles. The van der Waals surface area contributed by atoms with Crippen LogP contribution in [0.5, 0.6) is 11.5 Å². The Morgan fingerprint density at radius 2 is 1.83 bits per heavy atom. The maximum absolute atomic E-state index is 15.1. The summed E-state index contributed by atoms with van der Waals surface area (Å²) in [5, 5.41) is 0. The predicted molar refractivity (Wildman–Crippen MR) is 169 cm³/mol. The summed E-state index contributed by atoms with van der Waals surface area (Å²) in [6, 6.07) is 18.1. The van der Waals surface area contributed by atoms with Crippen molar-refractivity contribution in [3.63, 3.8) is 0 Å². The van der Waals surface area contributed by atoms with E-state index in [1.54, 1.807) is 31.5 Å². The molecule has 0 aliphatic rings. The van der Waals surface area contributed by atoms with Crippen LogP contribution in [-0.2, 0) is 28.9 Å². The zero-order valence-corrected chi connectivity index (χ0v) is 25.1. The Labute approximate surface area is 254 Å². The number of thiophene rings is 1. The number of methoxy groups -OCH3 is 1. The number of fused-ring (bicyclic) bond motifs is 1. The quantitative estimate of drug-likeness (QED) is 0.0894. The van der Waals surface area contributed by atoms with Crippen LogP contribution < -0.4 is 4.74 Å². The van der Waals surface area contributed by atoms with E-state index in [1.807, 2.05) is 48.9 Å². The molecule has 0 atom stereocenters. The highest BCUT2D eigenvalue weighted by molar-refractivity contribution is 7.80. The number of nitrogens with zero attached hydrogens (tertiary/aromatic N) is 3. The van der Waals surface area contributed by atoms with Gasteiger partial charge in [0.15, 0.2) is 11.6 Å². The summed E-state index contributed by atoms with van der Waals surface area (Å²) in [6.07, 6.45) is 9.64. The minimum absolute atomic E-state index is 0.0494. The number of hydrogen-bond donors (Lipinski definition) is 0. The first kappa shape index (κ1) is 29.7. The number of carbonyl (C=O) groups excluding carboxylic acids is 1. The standard InChI is InChI=1S/C33H32FN3O3S2/c1-39-15-7-3-6-14-37-21-29(36-22-37)32-20-28-33(42-32)31(12-13-35-28)40-30-11-10-24(18-27(30)34)17-26(41)19-25(38)16-23-8-4-2-5-9-23/h2,4-5,8-13,18,20-22H,3,6-7,14-17,19H2,1H3. The number of imidazole rings is 1. The number of aromatic nitrogens is 3. The molecule has 216 valence electrons. The smallest absolute Gasteiger partial charge is 0.166 e. The van der Waals surface area contributed by atoms with Gasteiger partial charge in [-0.05, 0) is 48.6 Å². The second kappa shape index (κ2) is 14.4. The van der Waals surface area contributed by atoms with Crippen molar-refractivity contribution >= 4 is 44.4 Å². The number of carbonyl (C=O) groups is 1. The van der Waals surface area contributed by atoms with Gasteiger partial charge < -0.3 is 14.0 Å². The van der Waals surface area contributed by atoms with Crippen molar-refractivity contribution in [1.29, 1.82) is 0 Å². The maximum atomic E-state index is 15.1. The molecule has 0 unspecified atom stereocenters. The Balaban J connectivity index is 1.21. The normalized spacial score (nSPS) is 11.2. The molecule has 0 N–H and O–H groups in total. The molecule has 6 nitrogen and oxygen atoms in total. The van der Waals surface area contributed by atoms with Crippen molar-refractivity contribution in [2.75, 3.05) is 13.7 Å². The minimum atomic E-state index is -0.489. The monoisotopic (exact) mass is 601 g/mol. The van der Waals surface area contributed by atoms with Gasteiger partial charge in [0.2, 0.25) is 0 Å². The van der Waals surface area contributed by atoms with Gasteiger partial charge in [0.25, 0.3) is 0 Å². The van der Waals surface area contributed by atoms with Crippen LogP contribution in [0.25, 0.3) is 20.8 Å². The summed E-state index contributed by atoms with van der Waals surface area (Å²) in [5.41, 5.74) is 3.30. The first-order valence-corrected chi connectivity index (χ1v) is 15.1. The summed E-state index contributed by atoms with van der Waals surface area (Å²) in [4.78, 5) is 23.0. The molecule has 9 heteroatoms. The zero-order chi connectivity index (χ0) is 29.3. The molecule has 0 amide bonds. The molecule has 0 aliphatic heterocycles. The second-order valence-electron chi connectivity index (χ2n) is 10.1. The van der Waals surface area contributed by atoms with E-state index < -0.39 is 5.82 Å². The zero-order valence-electron chi connectivity index (χ0n) is 23.4. The maximum Gasteiger partial charge on any atom is 0.166 e. The first-order valence-electron chi connectivity index (χ1n) is 13.9. The van der Waals surface area contributed by atoms with Crippen molar-refractivity contribution in [3.8, 4) is 22.1 Å². The van der Waals surface area contributed by atoms with E-state index in [9.17, 15) is 4.79 Å². The van der Waals surface area contributed by atoms with E-state index in [0.717, 1.165) is 58.8 Å². The number of ether oxygens (including phenoxy) is 2. The van der Waals surface area contributed by atoms with Gasteiger partial charge in [-0.1, -0.05) is 48.6 Å². The molecule has 5 aromatic rings. The van der Waals surface area contributed by atoms with Gasteiger partial charge in [0, 0.05) is 62.8 Å². The molecule has 0 bridgehead atoms. The molecular formula is C33H32FN3O3S2. The van der Waals surface area contributed by atoms with Gasteiger partial charge in [0.1, 0.15) is 11.5 Å². The number of pyridine rings is 1. The van der Waals surface area contributed by atoms with Crippen LogP contribution in [0.3, 0.4) is 0 Å². The lowest BCUT2D eigenvalue weighted by atomic mass is 10.0. The Morgan fingerprint density at radius 3 is 2.64 bits per heavy atom. The fourth-order valence-corrected chi connectivity index (χ4v) is 6.05. The molecule has 42 heavy (non-hydrogen) atoms. The number of rotatable bonds is 15. The summed E-state index contributed by atoms with van der Waals surface area (Å²) >= 11 is 6.97. The SMILES string of the molecule is COCCCCCn1cnc(-c2cc3nccc(Oc4ccc(CC(=S)CC(=O)Cc5ccccc5)cc4F)c3s2)c1. The van der Waals surface area contributed by atoms with Gasteiger partial charge >= 0.3 is 0 Å². The molecule has 3 aromatic heterocycles. The highest BCUT2D eigenvalue weighted by Gasteiger charge is 2.15. The van der Waals surface area contributed by atoms with Gasteiger partial charge in [-0.15, -0.1) is 11.3 Å². The Hall–Kier alpha value is -3.79. The lowest BCUT2D eigenvalue weighted by molar-refractivity contribution is -0.117. The molecule has 0 saturated heterocycles. The number of Topliss-reactive ketones (excluding diaryl/α,β-unsaturated/α-hetero) is 1. The van der Waals surface area contributed by atoms with Crippen molar-refractivity contribution < 1.29 is 18.7 Å². The number of hydrogen-bond acceptors (Lipinski definition) is 7. The second-order valence-corrected chi connectivity index (χ2v) is 11.8. The molecule has 5 rings (SSSR count). The highest BCUT2D eigenvalue weighted by atomic mass is 32.1. The van der Waals surface area contributed by atoms with Crippen LogP contribution in [0, 0.1) is 5.82 Å². The molecule has 0 fully saturated rings. The third-order valence-electron chi connectivity index (χ3n) is 6.78. The van der Waals surface area contributed by atoms with Crippen LogP contribution in [0.1, 0.15) is 36.8 Å². The Kier molecular flexibility index (Phi) is 10.2. The lowest BCUT2D eigenvalue weighted by Crippen LogP contribution is -2.11. The van der Waals surface area contributed by atoms with Crippen LogP contribution >= 0.6 is 23.6 Å². The number of benzene rings is 2. The van der Waals surface area contributed by atoms with Gasteiger partial charge in [0.05, 0.1) is 27.1 Å². The van der Waals surface area contributed by atoms with Gasteiger partial charge in [-0.2, -0.15) is 0 Å². The minimum Gasteiger partial charge on any atom is -0.453 e. The van der Waals surface area contributed by atoms with E-state index in [4.69, 9.17) is 21.7 Å². The van der Waals surface area contributed by atoms with Gasteiger partial charge in [-0.25, -0.2) is 9.37 Å². The molecule has 0 spiro atoms. The first-order chi connectivity index (χ1) is 20.5. The molecular weight excluding hydrogens is 570 g/mol. The number of halogens is 1. The van der Waals surface area contributed by atoms with E-state index >= 15 is 4.39 Å². The van der Waals surface area contributed by atoms with Crippen LogP contribution in [0.2, 0.25) is 0 Å². The average Bonchev–Trinajstić information content (AvgIpc) is 3.63. The molecule has 3 heterocycles. The topological polar surface area (TPSA) is 66.2 Å². The van der Waals surface area contributed by atoms with Crippen LogP contribution in [0.4, 0.5) is 4.39 Å². The van der Waals surface area contributed by atoms with E-state index in [2.05, 4.69) is 14.5 Å². The number of ketones is 1. The molecule has 2 aromatic carbocycles. The summed E-state index contributed by atoms with van der Waals surface area (Å²) < 4.78 is 29.2. The van der Waals surface area contributed by atoms with Crippen molar-refractivity contribution in [1.82, 2.24) is 14.5 Å². The summed E-state index contributed by atoms with van der Waals surface area (Å²) in [5.74, 6) is 0.206. The predicted octanol–water partition coefficient (Wildman–Crippen LogP) is 8.02. The Morgan fingerprint density at radius 1 is 0.976 bits per heavy atom. The van der Waals surface area contributed by atoms with E-state index in [-0.39, 0.29) is 18.0 Å². The number of unbranched alkanes of at least 4 members (excludes halogenated alkanes) is 2. The number of aryl methyl sites for hydroxylation is 1. The lowest BCUT2D eigenvalue weighted by Gasteiger charge is -2.10. The van der Waals surface area contributed by atoms with E-state index in [0.29, 0.717) is 29.0 Å². The third kappa shape index (κ3) is 7.94. The Bertz CT molecular complexity index is 1670. The van der Waals surface area contributed by atoms with E-state index in [1.165, 1.54) is 17.4 Å². The fraction of sp³-hybridized carbons (Fsp3) is 0.273. The number of thiocarbonyl (C=S) groups is 1. The molecule has 0 aliphatic carbocycles. The van der Waals surface area contributed by atoms with Crippen molar-refractivity contribution in [2.45, 2.75) is 45.1 Å². The highest BCUT2D eigenvalue weighted by Crippen LogP contribution is 2.39. The summed E-state index contributed by atoms with van der Waals surface area (Å²) in [6.45, 7) is 1.69. The van der Waals surface area contributed by atoms with Gasteiger partial charge in [-0.3, -0.25) is 9.78 Å². The average molecular weight is 602 g/mol. The van der Waals surface area contributed by atoms with Crippen molar-refractivity contribution in [2.24, 2.45) is 0 Å². The summed E-state index contributed by atoms with van der Waals surface area (Å²) in [7, 11) is 1.72. The van der Waals surface area contributed by atoms with Crippen molar-refractivity contribution in [3.05, 3.63) is 96.3 Å². The van der Waals surface area contributed by atoms with Crippen LogP contribution in [-0.4, -0.2) is 38.9 Å².